The molecule has 0 bridgehead atoms. The number of aromatic nitrogens is 2. The van der Waals surface area contributed by atoms with E-state index in [-0.39, 0.29) is 12.2 Å². The van der Waals surface area contributed by atoms with Crippen molar-refractivity contribution in [3.8, 4) is 0 Å². The van der Waals surface area contributed by atoms with E-state index in [1.165, 1.54) is 32.9 Å². The van der Waals surface area contributed by atoms with E-state index in [0.717, 1.165) is 13.0 Å². The van der Waals surface area contributed by atoms with E-state index in [1.54, 1.807) is 0 Å². The Bertz CT molecular complexity index is 356. The van der Waals surface area contributed by atoms with Crippen molar-refractivity contribution < 1.29 is 9.32 Å². The van der Waals surface area contributed by atoms with Crippen LogP contribution in [0.2, 0.25) is 0 Å². The highest BCUT2D eigenvalue weighted by Crippen LogP contribution is 2.08. The summed E-state index contributed by atoms with van der Waals surface area (Å²) in [7, 11) is 0. The third-order valence-corrected chi connectivity index (χ3v) is 2.76. The minimum Gasteiger partial charge on any atom is -0.339 e. The summed E-state index contributed by atoms with van der Waals surface area (Å²) < 4.78 is 5.09. The van der Waals surface area contributed by atoms with E-state index >= 15 is 0 Å². The topological polar surface area (TPSA) is 59.2 Å². The first-order chi connectivity index (χ1) is 7.74. The molecule has 2 heterocycles. The molecule has 0 atom stereocenters. The molecule has 1 saturated heterocycles. The van der Waals surface area contributed by atoms with Crippen LogP contribution in [0.4, 0.5) is 0 Å². The lowest BCUT2D eigenvalue weighted by Gasteiger charge is -2.11. The second-order valence-electron chi connectivity index (χ2n) is 4.28. The molecule has 1 fully saturated rings. The lowest BCUT2D eigenvalue weighted by molar-refractivity contribution is -0.116. The number of nitrogens with zero attached hydrogens (tertiary/aromatic N) is 3. The number of ketones is 1. The van der Waals surface area contributed by atoms with Gasteiger partial charge in [0.15, 0.2) is 5.82 Å². The van der Waals surface area contributed by atoms with Crippen molar-refractivity contribution in [2.75, 3.05) is 19.6 Å². The van der Waals surface area contributed by atoms with Gasteiger partial charge in [0.05, 0.1) is 6.42 Å². The van der Waals surface area contributed by atoms with Crippen molar-refractivity contribution >= 4 is 5.78 Å². The third-order valence-electron chi connectivity index (χ3n) is 2.76. The Hall–Kier alpha value is -1.23. The molecule has 88 valence electrons. The van der Waals surface area contributed by atoms with E-state index in [9.17, 15) is 4.79 Å². The van der Waals surface area contributed by atoms with Crippen molar-refractivity contribution in [1.29, 1.82) is 0 Å². The van der Waals surface area contributed by atoms with Gasteiger partial charge in [0, 0.05) is 13.0 Å². The Kier molecular flexibility index (Phi) is 3.66. The number of Topliss-reactive ketones (excluding diaryl/α,β-unsaturated/α-hetero) is 1. The average Bonchev–Trinajstić information content (AvgIpc) is 2.84. The van der Waals surface area contributed by atoms with E-state index < -0.39 is 0 Å². The Labute approximate surface area is 94.8 Å². The molecule has 0 spiro atoms. The molecule has 0 unspecified atom stereocenters. The Morgan fingerprint density at radius 3 is 2.88 bits per heavy atom. The molecule has 2 rings (SSSR count). The van der Waals surface area contributed by atoms with Crippen LogP contribution >= 0.6 is 0 Å². The average molecular weight is 223 g/mol. The largest absolute Gasteiger partial charge is 0.339 e. The summed E-state index contributed by atoms with van der Waals surface area (Å²) in [6, 6.07) is 0. The van der Waals surface area contributed by atoms with Crippen LogP contribution in [0.1, 0.15) is 31.5 Å². The minimum atomic E-state index is 0.0619. The highest BCUT2D eigenvalue weighted by molar-refractivity contribution is 5.77. The maximum Gasteiger partial charge on any atom is 0.227 e. The highest BCUT2D eigenvalue weighted by Gasteiger charge is 2.13. The standard InChI is InChI=1S/C11H17N3O2/c1-9(15)8-10-12-11(16-13-10)4-7-14-5-2-3-6-14/h2-8H2,1H3. The van der Waals surface area contributed by atoms with Gasteiger partial charge in [0.25, 0.3) is 0 Å². The number of likely N-dealkylation sites (tertiary alicyclic amines) is 1. The Morgan fingerprint density at radius 2 is 2.19 bits per heavy atom. The molecule has 0 radical (unpaired) electrons. The number of carbonyl (C=O) groups excluding carboxylic acids is 1. The zero-order valence-electron chi connectivity index (χ0n) is 9.61. The molecule has 1 aliphatic rings. The lowest BCUT2D eigenvalue weighted by Crippen LogP contribution is -2.22. The van der Waals surface area contributed by atoms with Gasteiger partial charge in [-0.3, -0.25) is 4.79 Å². The molecule has 1 aromatic rings. The van der Waals surface area contributed by atoms with Gasteiger partial charge in [-0.05, 0) is 32.9 Å². The van der Waals surface area contributed by atoms with Crippen molar-refractivity contribution in [2.45, 2.75) is 32.6 Å². The molecule has 0 amide bonds. The third kappa shape index (κ3) is 3.13. The normalized spacial score (nSPS) is 16.8. The number of carbonyl (C=O) groups is 1. The summed E-state index contributed by atoms with van der Waals surface area (Å²) in [5.74, 6) is 1.21. The summed E-state index contributed by atoms with van der Waals surface area (Å²) in [4.78, 5) is 17.4. The zero-order valence-corrected chi connectivity index (χ0v) is 9.61. The molecule has 5 heteroatoms. The van der Waals surface area contributed by atoms with Gasteiger partial charge in [0.1, 0.15) is 5.78 Å². The lowest BCUT2D eigenvalue weighted by atomic mass is 10.3. The summed E-state index contributed by atoms with van der Waals surface area (Å²) in [6.07, 6.45) is 3.64. The monoisotopic (exact) mass is 223 g/mol. The van der Waals surface area contributed by atoms with Crippen LogP contribution in [-0.2, 0) is 17.6 Å². The molecule has 1 aromatic heterocycles. The fourth-order valence-electron chi connectivity index (χ4n) is 1.95. The van der Waals surface area contributed by atoms with Gasteiger partial charge < -0.3 is 9.42 Å². The van der Waals surface area contributed by atoms with E-state index in [0.29, 0.717) is 11.7 Å². The zero-order chi connectivity index (χ0) is 11.4. The fraction of sp³-hybridized carbons (Fsp3) is 0.727. The van der Waals surface area contributed by atoms with Crippen molar-refractivity contribution in [3.63, 3.8) is 0 Å². The molecule has 0 N–H and O–H groups in total. The van der Waals surface area contributed by atoms with Gasteiger partial charge in [0.2, 0.25) is 5.89 Å². The Balaban J connectivity index is 1.80. The van der Waals surface area contributed by atoms with E-state index in [1.807, 2.05) is 0 Å². The molecular weight excluding hydrogens is 206 g/mol. The second-order valence-corrected chi connectivity index (χ2v) is 4.28. The van der Waals surface area contributed by atoms with Gasteiger partial charge in [-0.2, -0.15) is 4.98 Å². The number of rotatable bonds is 5. The molecule has 0 aliphatic carbocycles. The Morgan fingerprint density at radius 1 is 1.44 bits per heavy atom. The summed E-state index contributed by atoms with van der Waals surface area (Å²) in [6.45, 7) is 4.85. The maximum atomic E-state index is 10.9. The van der Waals surface area contributed by atoms with Crippen molar-refractivity contribution in [2.24, 2.45) is 0 Å². The molecule has 0 saturated carbocycles. The van der Waals surface area contributed by atoms with Crippen LogP contribution in [0.5, 0.6) is 0 Å². The first-order valence-electron chi connectivity index (χ1n) is 5.77. The smallest absolute Gasteiger partial charge is 0.227 e. The quantitative estimate of drug-likeness (QED) is 0.740. The summed E-state index contributed by atoms with van der Waals surface area (Å²) >= 11 is 0. The number of hydrogen-bond donors (Lipinski definition) is 0. The summed E-state index contributed by atoms with van der Waals surface area (Å²) in [5.41, 5.74) is 0. The predicted octanol–water partition coefficient (Wildman–Crippen LogP) is 0.839. The molecular formula is C11H17N3O2. The second kappa shape index (κ2) is 5.21. The minimum absolute atomic E-state index is 0.0619. The van der Waals surface area contributed by atoms with Crippen molar-refractivity contribution in [1.82, 2.24) is 15.0 Å². The van der Waals surface area contributed by atoms with Gasteiger partial charge in [-0.25, -0.2) is 0 Å². The van der Waals surface area contributed by atoms with Crippen LogP contribution in [0.3, 0.4) is 0 Å². The number of hydrogen-bond acceptors (Lipinski definition) is 5. The van der Waals surface area contributed by atoms with E-state index in [4.69, 9.17) is 4.52 Å². The predicted molar refractivity (Wildman–Crippen MR) is 58.1 cm³/mol. The highest BCUT2D eigenvalue weighted by atomic mass is 16.5. The molecule has 1 aliphatic heterocycles. The first kappa shape index (κ1) is 11.3. The van der Waals surface area contributed by atoms with Crippen molar-refractivity contribution in [3.05, 3.63) is 11.7 Å². The van der Waals surface area contributed by atoms with Gasteiger partial charge in [-0.1, -0.05) is 5.16 Å². The fourth-order valence-corrected chi connectivity index (χ4v) is 1.95. The van der Waals surface area contributed by atoms with Crippen LogP contribution in [0.25, 0.3) is 0 Å². The SMILES string of the molecule is CC(=O)Cc1noc(CCN2CCCC2)n1. The molecule has 0 aromatic carbocycles. The van der Waals surface area contributed by atoms with Gasteiger partial charge >= 0.3 is 0 Å². The summed E-state index contributed by atoms with van der Waals surface area (Å²) in [5, 5.41) is 3.78. The van der Waals surface area contributed by atoms with Crippen LogP contribution < -0.4 is 0 Å². The van der Waals surface area contributed by atoms with E-state index in [2.05, 4.69) is 15.0 Å². The first-order valence-corrected chi connectivity index (χ1v) is 5.77. The van der Waals surface area contributed by atoms with Crippen LogP contribution in [-0.4, -0.2) is 40.5 Å². The maximum absolute atomic E-state index is 10.9. The van der Waals surface area contributed by atoms with Crippen LogP contribution in [0, 0.1) is 0 Å². The molecule has 16 heavy (non-hydrogen) atoms. The van der Waals surface area contributed by atoms with Gasteiger partial charge in [-0.15, -0.1) is 0 Å². The van der Waals surface area contributed by atoms with Crippen LogP contribution in [0.15, 0.2) is 4.52 Å². The molecule has 5 nitrogen and oxygen atoms in total.